The number of hydrogen-bond acceptors (Lipinski definition) is 4. The van der Waals surface area contributed by atoms with Gasteiger partial charge in [-0.15, -0.1) is 0 Å². The molecule has 0 bridgehead atoms. The molecule has 1 aromatic heterocycles. The fourth-order valence-corrected chi connectivity index (χ4v) is 3.50. The molecule has 1 N–H and O–H groups in total. The number of hydrogen-bond donors (Lipinski definition) is 1. The summed E-state index contributed by atoms with van der Waals surface area (Å²) < 4.78 is 11.3. The van der Waals surface area contributed by atoms with Crippen LogP contribution in [-0.4, -0.2) is 44.1 Å². The Hall–Kier alpha value is -2.01. The molecule has 2 aromatic rings. The predicted octanol–water partition coefficient (Wildman–Crippen LogP) is 3.21. The molecule has 1 atom stereocenters. The molecule has 1 amide bonds. The van der Waals surface area contributed by atoms with E-state index in [1.165, 1.54) is 12.8 Å². The first-order valence-corrected chi connectivity index (χ1v) is 8.71. The number of piperidine rings is 1. The molecule has 0 radical (unpaired) electrons. The van der Waals surface area contributed by atoms with Gasteiger partial charge in [-0.05, 0) is 64.4 Å². The Bertz CT molecular complexity index is 723. The molecule has 1 aromatic carbocycles. The van der Waals surface area contributed by atoms with Crippen molar-refractivity contribution in [1.29, 1.82) is 0 Å². The standard InChI is InChI=1S/C19H26N2O3/c1-4-23-15-7-8-17-16(10-15)18(13(2)24-17)19(22)20-11-14-6-5-9-21(3)12-14/h7-8,10,14H,4-6,9,11-12H2,1-3H3,(H,20,22). The smallest absolute Gasteiger partial charge is 0.255 e. The van der Waals surface area contributed by atoms with Gasteiger partial charge in [-0.2, -0.15) is 0 Å². The normalized spacial score (nSPS) is 18.7. The van der Waals surface area contributed by atoms with Crippen molar-refractivity contribution in [1.82, 2.24) is 10.2 Å². The first kappa shape index (κ1) is 16.8. The van der Waals surface area contributed by atoms with Crippen LogP contribution in [0.2, 0.25) is 0 Å². The SMILES string of the molecule is CCOc1ccc2oc(C)c(C(=O)NCC3CCCN(C)C3)c2c1. The number of ether oxygens (including phenoxy) is 1. The van der Waals surface area contributed by atoms with Crippen LogP contribution >= 0.6 is 0 Å². The maximum Gasteiger partial charge on any atom is 0.255 e. The van der Waals surface area contributed by atoms with E-state index >= 15 is 0 Å². The van der Waals surface area contributed by atoms with E-state index < -0.39 is 0 Å². The third kappa shape index (κ3) is 3.56. The van der Waals surface area contributed by atoms with E-state index in [2.05, 4.69) is 17.3 Å². The fraction of sp³-hybridized carbons (Fsp3) is 0.526. The second-order valence-electron chi connectivity index (χ2n) is 6.60. The molecule has 0 spiro atoms. The van der Waals surface area contributed by atoms with E-state index in [0.717, 1.165) is 29.8 Å². The average Bonchev–Trinajstić information content (AvgIpc) is 2.88. The highest BCUT2D eigenvalue weighted by Gasteiger charge is 2.21. The molecular formula is C19H26N2O3. The molecule has 0 aliphatic carbocycles. The predicted molar refractivity (Wildman–Crippen MR) is 94.7 cm³/mol. The molecule has 1 aliphatic rings. The van der Waals surface area contributed by atoms with Crippen molar-refractivity contribution in [2.24, 2.45) is 5.92 Å². The van der Waals surface area contributed by atoms with Crippen molar-refractivity contribution < 1.29 is 13.9 Å². The van der Waals surface area contributed by atoms with Crippen LogP contribution < -0.4 is 10.1 Å². The molecule has 130 valence electrons. The van der Waals surface area contributed by atoms with E-state index in [4.69, 9.17) is 9.15 Å². The summed E-state index contributed by atoms with van der Waals surface area (Å²) in [5.74, 6) is 1.86. The molecule has 5 heteroatoms. The highest BCUT2D eigenvalue weighted by atomic mass is 16.5. The maximum absolute atomic E-state index is 12.7. The Kier molecular flexibility index (Phi) is 5.09. The van der Waals surface area contributed by atoms with Gasteiger partial charge < -0.3 is 19.4 Å². The van der Waals surface area contributed by atoms with Gasteiger partial charge in [-0.3, -0.25) is 4.79 Å². The van der Waals surface area contributed by atoms with Crippen molar-refractivity contribution in [2.75, 3.05) is 33.3 Å². The van der Waals surface area contributed by atoms with E-state index in [1.807, 2.05) is 32.0 Å². The van der Waals surface area contributed by atoms with Crippen LogP contribution in [0.1, 0.15) is 35.9 Å². The molecule has 1 aliphatic heterocycles. The lowest BCUT2D eigenvalue weighted by Gasteiger charge is -2.29. The van der Waals surface area contributed by atoms with E-state index in [-0.39, 0.29) is 5.91 Å². The topological polar surface area (TPSA) is 54.7 Å². The summed E-state index contributed by atoms with van der Waals surface area (Å²) >= 11 is 0. The molecule has 0 saturated carbocycles. The van der Waals surface area contributed by atoms with E-state index in [9.17, 15) is 4.79 Å². The third-order valence-corrected chi connectivity index (χ3v) is 4.65. The Balaban J connectivity index is 1.76. The van der Waals surface area contributed by atoms with Gasteiger partial charge in [0.15, 0.2) is 0 Å². The van der Waals surface area contributed by atoms with Gasteiger partial charge in [-0.1, -0.05) is 0 Å². The highest BCUT2D eigenvalue weighted by molar-refractivity contribution is 6.07. The highest BCUT2D eigenvalue weighted by Crippen LogP contribution is 2.29. The number of carbonyl (C=O) groups excluding carboxylic acids is 1. The summed E-state index contributed by atoms with van der Waals surface area (Å²) in [4.78, 5) is 15.0. The lowest BCUT2D eigenvalue weighted by molar-refractivity contribution is 0.0936. The van der Waals surface area contributed by atoms with E-state index in [0.29, 0.717) is 30.4 Å². The number of nitrogens with one attached hydrogen (secondary N) is 1. The minimum atomic E-state index is -0.0619. The zero-order valence-electron chi connectivity index (χ0n) is 14.7. The number of likely N-dealkylation sites (tertiary alicyclic amines) is 1. The molecule has 3 rings (SSSR count). The van der Waals surface area contributed by atoms with Gasteiger partial charge >= 0.3 is 0 Å². The Morgan fingerprint density at radius 1 is 1.46 bits per heavy atom. The summed E-state index contributed by atoms with van der Waals surface area (Å²) in [7, 11) is 2.14. The molecule has 1 unspecified atom stereocenters. The monoisotopic (exact) mass is 330 g/mol. The number of rotatable bonds is 5. The summed E-state index contributed by atoms with van der Waals surface area (Å²) in [5.41, 5.74) is 1.34. The summed E-state index contributed by atoms with van der Waals surface area (Å²) in [6.07, 6.45) is 2.37. The number of amides is 1. The Morgan fingerprint density at radius 3 is 3.04 bits per heavy atom. The molecule has 2 heterocycles. The quantitative estimate of drug-likeness (QED) is 0.914. The zero-order valence-corrected chi connectivity index (χ0v) is 14.7. The Labute approximate surface area is 143 Å². The van der Waals surface area contributed by atoms with Gasteiger partial charge in [0.05, 0.1) is 12.2 Å². The van der Waals surface area contributed by atoms with Crippen molar-refractivity contribution in [3.8, 4) is 5.75 Å². The summed E-state index contributed by atoms with van der Waals surface area (Å²) in [6, 6.07) is 5.62. The fourth-order valence-electron chi connectivity index (χ4n) is 3.50. The number of aryl methyl sites for hydroxylation is 1. The van der Waals surface area contributed by atoms with E-state index in [1.54, 1.807) is 0 Å². The van der Waals surface area contributed by atoms with Crippen molar-refractivity contribution in [3.63, 3.8) is 0 Å². The van der Waals surface area contributed by atoms with Gasteiger partial charge in [-0.25, -0.2) is 0 Å². The molecular weight excluding hydrogens is 304 g/mol. The van der Waals surface area contributed by atoms with Crippen molar-refractivity contribution in [3.05, 3.63) is 29.5 Å². The van der Waals surface area contributed by atoms with Crippen LogP contribution in [0.4, 0.5) is 0 Å². The second kappa shape index (κ2) is 7.26. The lowest BCUT2D eigenvalue weighted by atomic mass is 9.98. The lowest BCUT2D eigenvalue weighted by Crippen LogP contribution is -2.39. The molecule has 5 nitrogen and oxygen atoms in total. The minimum absolute atomic E-state index is 0.0619. The first-order chi connectivity index (χ1) is 11.6. The van der Waals surface area contributed by atoms with Gasteiger partial charge in [0.25, 0.3) is 5.91 Å². The number of fused-ring (bicyclic) bond motifs is 1. The van der Waals surface area contributed by atoms with Gasteiger partial charge in [0, 0.05) is 18.5 Å². The average molecular weight is 330 g/mol. The van der Waals surface area contributed by atoms with Crippen molar-refractivity contribution in [2.45, 2.75) is 26.7 Å². The second-order valence-corrected chi connectivity index (χ2v) is 6.60. The van der Waals surface area contributed by atoms with Crippen LogP contribution in [0, 0.1) is 12.8 Å². The molecule has 24 heavy (non-hydrogen) atoms. The Morgan fingerprint density at radius 2 is 2.29 bits per heavy atom. The molecule has 1 fully saturated rings. The summed E-state index contributed by atoms with van der Waals surface area (Å²) in [6.45, 7) is 7.28. The third-order valence-electron chi connectivity index (χ3n) is 4.65. The van der Waals surface area contributed by atoms with Crippen molar-refractivity contribution >= 4 is 16.9 Å². The largest absolute Gasteiger partial charge is 0.494 e. The van der Waals surface area contributed by atoms with Gasteiger partial charge in [0.2, 0.25) is 0 Å². The van der Waals surface area contributed by atoms with Crippen LogP contribution in [0.5, 0.6) is 5.75 Å². The van der Waals surface area contributed by atoms with Crippen LogP contribution in [0.25, 0.3) is 11.0 Å². The first-order valence-electron chi connectivity index (χ1n) is 8.71. The molecule has 1 saturated heterocycles. The number of benzene rings is 1. The van der Waals surface area contributed by atoms with Crippen LogP contribution in [0.15, 0.2) is 22.6 Å². The summed E-state index contributed by atoms with van der Waals surface area (Å²) in [5, 5.41) is 3.91. The van der Waals surface area contributed by atoms with Crippen LogP contribution in [0.3, 0.4) is 0 Å². The minimum Gasteiger partial charge on any atom is -0.494 e. The number of nitrogens with zero attached hydrogens (tertiary/aromatic N) is 1. The van der Waals surface area contributed by atoms with Gasteiger partial charge in [0.1, 0.15) is 17.1 Å². The van der Waals surface area contributed by atoms with Crippen LogP contribution in [-0.2, 0) is 0 Å². The number of carbonyl (C=O) groups is 1. The maximum atomic E-state index is 12.7. The number of furan rings is 1. The zero-order chi connectivity index (χ0) is 17.1.